The Morgan fingerprint density at radius 1 is 0.271 bits per heavy atom. The molecule has 9 rings (SSSR count). The quantitative estimate of drug-likeness (QED) is 0.182. The highest BCUT2D eigenvalue weighted by molar-refractivity contribution is 6.26. The highest BCUT2D eigenvalue weighted by Crippen LogP contribution is 2.39. The van der Waals surface area contributed by atoms with E-state index in [-0.39, 0.29) is 0 Å². The van der Waals surface area contributed by atoms with Crippen molar-refractivity contribution < 1.29 is 0 Å². The Balaban J connectivity index is 1.13. The molecular weight excluding hydrogens is 583 g/mol. The Kier molecular flexibility index (Phi) is 6.80. The van der Waals surface area contributed by atoms with Gasteiger partial charge in [-0.2, -0.15) is 0 Å². The Labute approximate surface area is 278 Å². The molecular formula is C45H29N3. The lowest BCUT2D eigenvalue weighted by atomic mass is 9.90. The van der Waals surface area contributed by atoms with E-state index in [0.29, 0.717) is 0 Å². The van der Waals surface area contributed by atoms with Crippen molar-refractivity contribution in [2.75, 3.05) is 0 Å². The van der Waals surface area contributed by atoms with Gasteiger partial charge in [0.1, 0.15) is 0 Å². The first kappa shape index (κ1) is 27.8. The molecule has 3 heteroatoms. The zero-order valence-electron chi connectivity index (χ0n) is 26.1. The van der Waals surface area contributed by atoms with Crippen molar-refractivity contribution in [1.29, 1.82) is 0 Å². The van der Waals surface area contributed by atoms with E-state index in [0.717, 1.165) is 33.9 Å². The zero-order chi connectivity index (χ0) is 31.9. The minimum absolute atomic E-state index is 0.720. The molecule has 224 valence electrons. The van der Waals surface area contributed by atoms with Crippen molar-refractivity contribution in [2.24, 2.45) is 0 Å². The number of fused-ring (bicyclic) bond motifs is 6. The minimum Gasteiger partial charge on any atom is -0.265 e. The summed E-state index contributed by atoms with van der Waals surface area (Å²) in [5, 5.41) is 7.55. The number of benzene rings is 7. The number of aromatic nitrogens is 3. The Morgan fingerprint density at radius 2 is 0.688 bits per heavy atom. The van der Waals surface area contributed by atoms with Crippen LogP contribution in [0.25, 0.3) is 88.5 Å². The van der Waals surface area contributed by atoms with Crippen LogP contribution in [0.1, 0.15) is 0 Å². The lowest BCUT2D eigenvalue weighted by molar-refractivity contribution is 1.18. The van der Waals surface area contributed by atoms with Crippen molar-refractivity contribution in [1.82, 2.24) is 15.0 Å². The fourth-order valence-electron chi connectivity index (χ4n) is 6.76. The van der Waals surface area contributed by atoms with Gasteiger partial charge in [-0.3, -0.25) is 4.98 Å². The van der Waals surface area contributed by atoms with Gasteiger partial charge in [0.05, 0.1) is 11.4 Å². The summed E-state index contributed by atoms with van der Waals surface area (Å²) in [6, 6.07) is 57.9. The van der Waals surface area contributed by atoms with Gasteiger partial charge in [0.25, 0.3) is 0 Å². The Hall–Kier alpha value is -6.45. The SMILES string of the molecule is c1ccc(-c2cc(-c3ccc(-c4ccc5c6ccc(-c7ccncc7)cc6c6ccccc6c5c4)cc3)nc(-c3ccccc3)n2)cc1. The van der Waals surface area contributed by atoms with Gasteiger partial charge in [-0.1, -0.05) is 133 Å². The van der Waals surface area contributed by atoms with E-state index in [1.807, 2.05) is 48.8 Å². The molecule has 0 aliphatic carbocycles. The molecule has 0 saturated carbocycles. The van der Waals surface area contributed by atoms with Crippen molar-refractivity contribution in [3.05, 3.63) is 176 Å². The maximum absolute atomic E-state index is 5.02. The molecule has 7 aromatic carbocycles. The van der Waals surface area contributed by atoms with Crippen LogP contribution in [-0.2, 0) is 0 Å². The fourth-order valence-corrected chi connectivity index (χ4v) is 6.76. The molecule has 3 nitrogen and oxygen atoms in total. The molecule has 0 bridgehead atoms. The van der Waals surface area contributed by atoms with Crippen LogP contribution in [0.3, 0.4) is 0 Å². The summed E-state index contributed by atoms with van der Waals surface area (Å²) in [4.78, 5) is 14.2. The first-order chi connectivity index (χ1) is 23.8. The topological polar surface area (TPSA) is 38.7 Å². The Morgan fingerprint density at radius 3 is 1.25 bits per heavy atom. The van der Waals surface area contributed by atoms with E-state index < -0.39 is 0 Å². The fraction of sp³-hybridized carbons (Fsp3) is 0. The monoisotopic (exact) mass is 611 g/mol. The van der Waals surface area contributed by atoms with Crippen LogP contribution >= 0.6 is 0 Å². The van der Waals surface area contributed by atoms with Crippen LogP contribution in [0.5, 0.6) is 0 Å². The highest BCUT2D eigenvalue weighted by Gasteiger charge is 2.13. The lowest BCUT2D eigenvalue weighted by Crippen LogP contribution is -1.95. The molecule has 9 aromatic rings. The molecule has 0 aliphatic rings. The molecule has 2 heterocycles. The third-order valence-corrected chi connectivity index (χ3v) is 9.19. The average Bonchev–Trinajstić information content (AvgIpc) is 3.18. The number of hydrogen-bond donors (Lipinski definition) is 0. The summed E-state index contributed by atoms with van der Waals surface area (Å²) >= 11 is 0. The molecule has 0 fully saturated rings. The third-order valence-electron chi connectivity index (χ3n) is 9.19. The second-order valence-corrected chi connectivity index (χ2v) is 12.1. The maximum atomic E-state index is 5.02. The van der Waals surface area contributed by atoms with Crippen molar-refractivity contribution in [3.8, 4) is 56.2 Å². The van der Waals surface area contributed by atoms with Crippen LogP contribution in [-0.4, -0.2) is 15.0 Å². The maximum Gasteiger partial charge on any atom is 0.160 e. The van der Waals surface area contributed by atoms with Crippen LogP contribution in [0.4, 0.5) is 0 Å². The van der Waals surface area contributed by atoms with Gasteiger partial charge in [0, 0.05) is 29.1 Å². The summed E-state index contributed by atoms with van der Waals surface area (Å²) in [5.41, 5.74) is 9.64. The number of pyridine rings is 1. The third kappa shape index (κ3) is 4.99. The van der Waals surface area contributed by atoms with Gasteiger partial charge < -0.3 is 0 Å². The molecule has 0 spiro atoms. The van der Waals surface area contributed by atoms with Crippen molar-refractivity contribution in [2.45, 2.75) is 0 Å². The summed E-state index contributed by atoms with van der Waals surface area (Å²) in [5.74, 6) is 0.720. The summed E-state index contributed by atoms with van der Waals surface area (Å²) in [6.07, 6.45) is 3.70. The lowest BCUT2D eigenvalue weighted by Gasteiger charge is -2.14. The second kappa shape index (κ2) is 11.7. The summed E-state index contributed by atoms with van der Waals surface area (Å²) in [6.45, 7) is 0. The van der Waals surface area contributed by atoms with Gasteiger partial charge in [-0.25, -0.2) is 9.97 Å². The molecule has 0 aliphatic heterocycles. The van der Waals surface area contributed by atoms with Crippen LogP contribution in [0.15, 0.2) is 176 Å². The van der Waals surface area contributed by atoms with Crippen LogP contribution in [0.2, 0.25) is 0 Å². The molecule has 0 radical (unpaired) electrons. The van der Waals surface area contributed by atoms with E-state index in [4.69, 9.17) is 9.97 Å². The summed E-state index contributed by atoms with van der Waals surface area (Å²) < 4.78 is 0. The van der Waals surface area contributed by atoms with Crippen molar-refractivity contribution >= 4 is 32.3 Å². The molecule has 0 saturated heterocycles. The first-order valence-electron chi connectivity index (χ1n) is 16.2. The van der Waals surface area contributed by atoms with E-state index in [1.54, 1.807) is 0 Å². The standard InChI is InChI=1S/C45H29N3/c1-3-9-32(10-4-1)43-29-44(48-45(47-43)34-11-5-2-6-12-34)33-17-15-30(16-18-33)35-19-21-39-40-22-20-36(31-23-25-46-26-24-31)28-42(40)38-14-8-7-13-37(38)41(39)27-35/h1-29H. The van der Waals surface area contributed by atoms with Gasteiger partial charge in [0.15, 0.2) is 5.82 Å². The average molecular weight is 612 g/mol. The van der Waals surface area contributed by atoms with Crippen LogP contribution in [0, 0.1) is 0 Å². The van der Waals surface area contributed by atoms with Gasteiger partial charge in [-0.05, 0) is 84.9 Å². The van der Waals surface area contributed by atoms with E-state index in [1.165, 1.54) is 54.6 Å². The first-order valence-corrected chi connectivity index (χ1v) is 16.2. The molecule has 0 amide bonds. The smallest absolute Gasteiger partial charge is 0.160 e. The van der Waals surface area contributed by atoms with Gasteiger partial charge in [0.2, 0.25) is 0 Å². The van der Waals surface area contributed by atoms with E-state index >= 15 is 0 Å². The zero-order valence-corrected chi connectivity index (χ0v) is 26.1. The number of hydrogen-bond acceptors (Lipinski definition) is 3. The molecule has 48 heavy (non-hydrogen) atoms. The van der Waals surface area contributed by atoms with Crippen molar-refractivity contribution in [3.63, 3.8) is 0 Å². The predicted molar refractivity (Wildman–Crippen MR) is 200 cm³/mol. The second-order valence-electron chi connectivity index (χ2n) is 12.1. The molecule has 0 N–H and O–H groups in total. The Bertz CT molecular complexity index is 2500. The van der Waals surface area contributed by atoms with Crippen LogP contribution < -0.4 is 0 Å². The predicted octanol–water partition coefficient (Wildman–Crippen LogP) is 11.7. The normalized spacial score (nSPS) is 11.3. The largest absolute Gasteiger partial charge is 0.265 e. The molecule has 0 unspecified atom stereocenters. The van der Waals surface area contributed by atoms with Gasteiger partial charge in [-0.15, -0.1) is 0 Å². The van der Waals surface area contributed by atoms with Gasteiger partial charge >= 0.3 is 0 Å². The molecule has 2 aromatic heterocycles. The molecule has 0 atom stereocenters. The summed E-state index contributed by atoms with van der Waals surface area (Å²) in [7, 11) is 0. The van der Waals surface area contributed by atoms with E-state index in [9.17, 15) is 0 Å². The minimum atomic E-state index is 0.720. The number of rotatable bonds is 5. The van der Waals surface area contributed by atoms with E-state index in [2.05, 4.69) is 132 Å². The number of nitrogens with zero attached hydrogens (tertiary/aromatic N) is 3. The highest BCUT2D eigenvalue weighted by atomic mass is 14.9.